The third-order valence-corrected chi connectivity index (χ3v) is 6.96. The van der Waals surface area contributed by atoms with Crippen LogP contribution in [0.25, 0.3) is 0 Å². The third kappa shape index (κ3) is 5.69. The Balaban J connectivity index is 1.62. The summed E-state index contributed by atoms with van der Waals surface area (Å²) in [6.45, 7) is 6.12. The number of aryl methyl sites for hydroxylation is 3. The van der Waals surface area contributed by atoms with Gasteiger partial charge < -0.3 is 0 Å². The Kier molecular flexibility index (Phi) is 7.22. The van der Waals surface area contributed by atoms with Crippen molar-refractivity contribution in [3.05, 3.63) is 100 Å². The van der Waals surface area contributed by atoms with Crippen LogP contribution in [0.5, 0.6) is 0 Å². The topological polar surface area (TPSA) is 78.8 Å². The molecular formula is C25H27N3O3S. The van der Waals surface area contributed by atoms with E-state index in [1.165, 1.54) is 16.9 Å². The van der Waals surface area contributed by atoms with Crippen molar-refractivity contribution in [2.24, 2.45) is 5.10 Å². The molecule has 7 heteroatoms. The van der Waals surface area contributed by atoms with Crippen LogP contribution in [-0.2, 0) is 16.6 Å². The van der Waals surface area contributed by atoms with E-state index in [0.29, 0.717) is 5.56 Å². The molecule has 0 aliphatic heterocycles. The second-order valence-corrected chi connectivity index (χ2v) is 9.88. The molecule has 0 aromatic heterocycles. The van der Waals surface area contributed by atoms with Crippen LogP contribution >= 0.6 is 0 Å². The van der Waals surface area contributed by atoms with E-state index in [4.69, 9.17) is 0 Å². The highest BCUT2D eigenvalue weighted by Gasteiger charge is 2.20. The minimum absolute atomic E-state index is 0.197. The number of nitrogens with one attached hydrogen (secondary N) is 1. The highest BCUT2D eigenvalue weighted by atomic mass is 32.2. The first-order chi connectivity index (χ1) is 15.2. The molecule has 0 atom stereocenters. The highest BCUT2D eigenvalue weighted by molar-refractivity contribution is 7.89. The van der Waals surface area contributed by atoms with Crippen LogP contribution in [-0.4, -0.2) is 31.9 Å². The van der Waals surface area contributed by atoms with E-state index in [9.17, 15) is 13.2 Å². The molecule has 166 valence electrons. The van der Waals surface area contributed by atoms with Crippen molar-refractivity contribution in [2.75, 3.05) is 7.05 Å². The zero-order valence-corrected chi connectivity index (χ0v) is 19.5. The minimum Gasteiger partial charge on any atom is -0.267 e. The van der Waals surface area contributed by atoms with E-state index in [0.717, 1.165) is 22.3 Å². The number of hydrogen-bond donors (Lipinski definition) is 1. The third-order valence-electron chi connectivity index (χ3n) is 5.15. The van der Waals surface area contributed by atoms with Crippen LogP contribution in [0, 0.1) is 20.8 Å². The van der Waals surface area contributed by atoms with Crippen molar-refractivity contribution < 1.29 is 13.2 Å². The lowest BCUT2D eigenvalue weighted by atomic mass is 10.1. The summed E-state index contributed by atoms with van der Waals surface area (Å²) in [5.41, 5.74) is 7.92. The minimum atomic E-state index is -3.59. The molecule has 3 rings (SSSR count). The van der Waals surface area contributed by atoms with Gasteiger partial charge in [0.1, 0.15) is 0 Å². The molecule has 0 radical (unpaired) electrons. The van der Waals surface area contributed by atoms with Gasteiger partial charge in [-0.1, -0.05) is 53.6 Å². The lowest BCUT2D eigenvalue weighted by Gasteiger charge is -2.17. The van der Waals surface area contributed by atoms with Crippen LogP contribution in [0.3, 0.4) is 0 Å². The number of hydrogen-bond acceptors (Lipinski definition) is 4. The summed E-state index contributed by atoms with van der Waals surface area (Å²) in [7, 11) is -2.05. The van der Waals surface area contributed by atoms with E-state index in [1.54, 1.807) is 54.7 Å². The van der Waals surface area contributed by atoms with Gasteiger partial charge >= 0.3 is 0 Å². The molecule has 0 aliphatic carbocycles. The van der Waals surface area contributed by atoms with E-state index in [1.807, 2.05) is 32.9 Å². The largest absolute Gasteiger partial charge is 0.271 e. The van der Waals surface area contributed by atoms with Crippen molar-refractivity contribution in [1.29, 1.82) is 0 Å². The molecule has 0 aliphatic rings. The Morgan fingerprint density at radius 2 is 1.56 bits per heavy atom. The fraction of sp³-hybridized carbons (Fsp3) is 0.200. The van der Waals surface area contributed by atoms with Gasteiger partial charge in [0.15, 0.2) is 0 Å². The second kappa shape index (κ2) is 9.89. The Bertz CT molecular complexity index is 1230. The molecule has 0 heterocycles. The Morgan fingerprint density at radius 3 is 2.19 bits per heavy atom. The maximum absolute atomic E-state index is 12.7. The molecule has 0 bridgehead atoms. The number of benzene rings is 3. The summed E-state index contributed by atoms with van der Waals surface area (Å²) in [4.78, 5) is 12.6. The predicted octanol–water partition coefficient (Wildman–Crippen LogP) is 4.20. The average molecular weight is 450 g/mol. The predicted molar refractivity (Wildman–Crippen MR) is 127 cm³/mol. The summed E-state index contributed by atoms with van der Waals surface area (Å²) >= 11 is 0. The van der Waals surface area contributed by atoms with Crippen LogP contribution in [0.2, 0.25) is 0 Å². The molecule has 32 heavy (non-hydrogen) atoms. The van der Waals surface area contributed by atoms with Gasteiger partial charge in [0.2, 0.25) is 10.0 Å². The van der Waals surface area contributed by atoms with Crippen molar-refractivity contribution in [3.8, 4) is 0 Å². The molecule has 0 saturated carbocycles. The number of nitrogens with zero attached hydrogens (tertiary/aromatic N) is 2. The van der Waals surface area contributed by atoms with E-state index in [-0.39, 0.29) is 17.3 Å². The summed E-state index contributed by atoms with van der Waals surface area (Å²) in [5, 5.41) is 4.04. The van der Waals surface area contributed by atoms with Gasteiger partial charge in [-0.25, -0.2) is 13.8 Å². The summed E-state index contributed by atoms with van der Waals surface area (Å²) < 4.78 is 26.8. The standard InChI is InChI=1S/C25H27N3O3S/c1-18-6-13-24(14-7-18)32(30,31)28(4)17-21-8-11-22(12-9-21)25(29)27-26-16-23-10-5-19(2)15-20(23)3/h5-16H,17H2,1-4H3,(H,27,29). The Labute approximate surface area is 189 Å². The highest BCUT2D eigenvalue weighted by Crippen LogP contribution is 2.18. The second-order valence-electron chi connectivity index (χ2n) is 7.83. The summed E-state index contributed by atoms with van der Waals surface area (Å²) in [5.74, 6) is -0.335. The molecule has 3 aromatic rings. The van der Waals surface area contributed by atoms with Gasteiger partial charge in [-0.3, -0.25) is 4.79 Å². The fourth-order valence-corrected chi connectivity index (χ4v) is 4.35. The SMILES string of the molecule is Cc1ccc(S(=O)(=O)N(C)Cc2ccc(C(=O)NN=Cc3ccc(C)cc3C)cc2)cc1. The number of carbonyl (C=O) groups excluding carboxylic acids is 1. The summed E-state index contributed by atoms with van der Waals surface area (Å²) in [6, 6.07) is 19.5. The van der Waals surface area contributed by atoms with Gasteiger partial charge in [0.05, 0.1) is 11.1 Å². The van der Waals surface area contributed by atoms with Crippen LogP contribution < -0.4 is 5.43 Å². The van der Waals surface area contributed by atoms with Crippen LogP contribution in [0.1, 0.15) is 38.2 Å². The van der Waals surface area contributed by atoms with Gasteiger partial charge in [0.25, 0.3) is 5.91 Å². The molecule has 1 N–H and O–H groups in total. The molecule has 0 saturated heterocycles. The monoisotopic (exact) mass is 449 g/mol. The Hall–Kier alpha value is -3.29. The first-order valence-electron chi connectivity index (χ1n) is 10.2. The maximum atomic E-state index is 12.7. The van der Waals surface area contributed by atoms with Crippen molar-refractivity contribution in [3.63, 3.8) is 0 Å². The molecule has 0 fully saturated rings. The lowest BCUT2D eigenvalue weighted by molar-refractivity contribution is 0.0955. The normalized spacial score (nSPS) is 11.8. The maximum Gasteiger partial charge on any atom is 0.271 e. The number of sulfonamides is 1. The smallest absolute Gasteiger partial charge is 0.267 e. The first-order valence-corrected chi connectivity index (χ1v) is 11.6. The zero-order chi connectivity index (χ0) is 23.3. The van der Waals surface area contributed by atoms with Gasteiger partial charge in [-0.05, 0) is 61.7 Å². The van der Waals surface area contributed by atoms with Crippen LogP contribution in [0.4, 0.5) is 0 Å². The van der Waals surface area contributed by atoms with Crippen LogP contribution in [0.15, 0.2) is 76.7 Å². The van der Waals surface area contributed by atoms with E-state index < -0.39 is 10.0 Å². The zero-order valence-electron chi connectivity index (χ0n) is 18.7. The molecule has 3 aromatic carbocycles. The molecule has 0 unspecified atom stereocenters. The number of carbonyl (C=O) groups is 1. The van der Waals surface area contributed by atoms with Crippen molar-refractivity contribution >= 4 is 22.1 Å². The molecule has 6 nitrogen and oxygen atoms in total. The van der Waals surface area contributed by atoms with Crippen molar-refractivity contribution in [2.45, 2.75) is 32.2 Å². The number of hydrazone groups is 1. The lowest BCUT2D eigenvalue weighted by Crippen LogP contribution is -2.26. The molecule has 1 amide bonds. The summed E-state index contributed by atoms with van der Waals surface area (Å²) in [6.07, 6.45) is 1.62. The van der Waals surface area contributed by atoms with Crippen molar-refractivity contribution in [1.82, 2.24) is 9.73 Å². The van der Waals surface area contributed by atoms with E-state index in [2.05, 4.69) is 16.6 Å². The molecular weight excluding hydrogens is 422 g/mol. The van der Waals surface area contributed by atoms with Gasteiger partial charge in [0, 0.05) is 19.2 Å². The fourth-order valence-electron chi connectivity index (χ4n) is 3.19. The Morgan fingerprint density at radius 1 is 0.938 bits per heavy atom. The van der Waals surface area contributed by atoms with E-state index >= 15 is 0 Å². The number of amides is 1. The van der Waals surface area contributed by atoms with Gasteiger partial charge in [-0.2, -0.15) is 9.41 Å². The number of rotatable bonds is 7. The molecule has 0 spiro atoms. The average Bonchev–Trinajstić information content (AvgIpc) is 2.76. The quantitative estimate of drug-likeness (QED) is 0.434. The van der Waals surface area contributed by atoms with Gasteiger partial charge in [-0.15, -0.1) is 0 Å². The first kappa shape index (κ1) is 23.4.